The topological polar surface area (TPSA) is 30.2 Å². The van der Waals surface area contributed by atoms with Crippen molar-refractivity contribution in [2.75, 3.05) is 5.75 Å². The molecule has 102 valence electrons. The van der Waals surface area contributed by atoms with Gasteiger partial charge in [-0.1, -0.05) is 25.1 Å². The van der Waals surface area contributed by atoms with E-state index in [1.807, 2.05) is 40.6 Å². The Hall–Kier alpha value is -1.33. The molecule has 5 heteroatoms. The molecule has 0 fully saturated rings. The van der Waals surface area contributed by atoms with E-state index in [0.29, 0.717) is 0 Å². The van der Waals surface area contributed by atoms with Crippen molar-refractivity contribution < 1.29 is 0 Å². The van der Waals surface area contributed by atoms with Crippen LogP contribution in [0.1, 0.15) is 13.3 Å². The summed E-state index contributed by atoms with van der Waals surface area (Å²) in [6.07, 6.45) is 3.16. The number of thioether (sulfide) groups is 1. The van der Waals surface area contributed by atoms with Crippen LogP contribution in [0.4, 0.5) is 0 Å². The van der Waals surface area contributed by atoms with E-state index in [2.05, 4.69) is 51.3 Å². The van der Waals surface area contributed by atoms with Gasteiger partial charge >= 0.3 is 0 Å². The summed E-state index contributed by atoms with van der Waals surface area (Å²) < 4.78 is 3.04. The average Bonchev–Trinajstić information content (AvgIpc) is 2.88. The molecular formula is C15H14BrN3S. The molecule has 0 aliphatic carbocycles. The van der Waals surface area contributed by atoms with Gasteiger partial charge in [-0.15, -0.1) is 22.0 Å². The highest BCUT2D eigenvalue weighted by atomic mass is 79.9. The fraction of sp³-hybridized carbons (Fsp3) is 0.200. The van der Waals surface area contributed by atoms with Gasteiger partial charge in [-0.05, 0) is 46.3 Å². The summed E-state index contributed by atoms with van der Waals surface area (Å²) in [5.41, 5.74) is 2.00. The molecule has 0 spiro atoms. The van der Waals surface area contributed by atoms with Gasteiger partial charge in [0.25, 0.3) is 0 Å². The van der Waals surface area contributed by atoms with Gasteiger partial charge in [0.05, 0.1) is 0 Å². The van der Waals surface area contributed by atoms with Crippen LogP contribution in [0, 0.1) is 0 Å². The molecule has 3 rings (SSSR count). The molecule has 0 saturated heterocycles. The monoisotopic (exact) mass is 347 g/mol. The molecule has 0 bridgehead atoms. The smallest absolute Gasteiger partial charge is 0.169 e. The largest absolute Gasteiger partial charge is 0.281 e. The molecule has 0 saturated carbocycles. The van der Waals surface area contributed by atoms with Gasteiger partial charge < -0.3 is 0 Å². The van der Waals surface area contributed by atoms with Crippen LogP contribution in [-0.4, -0.2) is 20.4 Å². The van der Waals surface area contributed by atoms with Gasteiger partial charge in [-0.25, -0.2) is 0 Å². The fourth-order valence-electron chi connectivity index (χ4n) is 2.04. The van der Waals surface area contributed by atoms with E-state index < -0.39 is 0 Å². The Kier molecular flexibility index (Phi) is 4.08. The van der Waals surface area contributed by atoms with E-state index in [1.165, 1.54) is 4.90 Å². The van der Waals surface area contributed by atoms with Gasteiger partial charge in [0.2, 0.25) is 0 Å². The van der Waals surface area contributed by atoms with Crippen molar-refractivity contribution in [1.82, 2.24) is 14.6 Å². The summed E-state index contributed by atoms with van der Waals surface area (Å²) in [5, 5.41) is 8.59. The molecular weight excluding hydrogens is 334 g/mol. The van der Waals surface area contributed by atoms with Crippen molar-refractivity contribution in [3.05, 3.63) is 47.1 Å². The van der Waals surface area contributed by atoms with Crippen LogP contribution in [0.25, 0.3) is 17.0 Å². The number of pyridine rings is 1. The van der Waals surface area contributed by atoms with Gasteiger partial charge in [-0.3, -0.25) is 4.40 Å². The molecule has 0 N–H and O–H groups in total. The van der Waals surface area contributed by atoms with E-state index >= 15 is 0 Å². The minimum absolute atomic E-state index is 0.860. The Balaban J connectivity index is 2.13. The third-order valence-electron chi connectivity index (χ3n) is 2.96. The van der Waals surface area contributed by atoms with Crippen LogP contribution >= 0.6 is 27.7 Å². The summed E-state index contributed by atoms with van der Waals surface area (Å²) in [6, 6.07) is 12.3. The molecule has 0 amide bonds. The maximum Gasteiger partial charge on any atom is 0.169 e. The lowest BCUT2D eigenvalue weighted by Gasteiger charge is -2.07. The van der Waals surface area contributed by atoms with Crippen molar-refractivity contribution in [3.63, 3.8) is 0 Å². The molecule has 0 aliphatic rings. The van der Waals surface area contributed by atoms with E-state index in [9.17, 15) is 0 Å². The standard InChI is InChI=1S/C15H14BrN3S/c1-2-9-20-13-6-4-3-5-12(13)15-18-17-14-8-7-11(16)10-19(14)15/h3-8,10H,2,9H2,1H3. The van der Waals surface area contributed by atoms with E-state index in [1.54, 1.807) is 0 Å². The van der Waals surface area contributed by atoms with Crippen molar-refractivity contribution in [2.45, 2.75) is 18.2 Å². The van der Waals surface area contributed by atoms with Gasteiger partial charge in [-0.2, -0.15) is 0 Å². The SMILES string of the molecule is CCCSc1ccccc1-c1nnc2ccc(Br)cn12. The van der Waals surface area contributed by atoms with Gasteiger partial charge in [0, 0.05) is 21.1 Å². The molecule has 1 aromatic carbocycles. The zero-order valence-electron chi connectivity index (χ0n) is 11.1. The fourth-order valence-corrected chi connectivity index (χ4v) is 3.29. The van der Waals surface area contributed by atoms with Crippen LogP contribution in [0.3, 0.4) is 0 Å². The van der Waals surface area contributed by atoms with Crippen molar-refractivity contribution in [3.8, 4) is 11.4 Å². The first kappa shape index (κ1) is 13.6. The molecule has 20 heavy (non-hydrogen) atoms. The molecule has 2 aromatic heterocycles. The number of nitrogens with zero attached hydrogens (tertiary/aromatic N) is 3. The van der Waals surface area contributed by atoms with E-state index in [4.69, 9.17) is 0 Å². The first-order valence-corrected chi connectivity index (χ1v) is 8.30. The Morgan fingerprint density at radius 2 is 2.00 bits per heavy atom. The first-order chi connectivity index (χ1) is 9.79. The maximum absolute atomic E-state index is 4.35. The summed E-state index contributed by atoms with van der Waals surface area (Å²) in [6.45, 7) is 2.19. The highest BCUT2D eigenvalue weighted by molar-refractivity contribution is 9.10. The Morgan fingerprint density at radius 1 is 1.15 bits per heavy atom. The number of aromatic nitrogens is 3. The molecule has 3 nitrogen and oxygen atoms in total. The number of hydrogen-bond donors (Lipinski definition) is 0. The number of benzene rings is 1. The van der Waals surface area contributed by atoms with Crippen molar-refractivity contribution in [2.24, 2.45) is 0 Å². The summed E-state index contributed by atoms with van der Waals surface area (Å²) in [7, 11) is 0. The molecule has 0 unspecified atom stereocenters. The predicted octanol–water partition coefficient (Wildman–Crippen LogP) is 4.66. The highest BCUT2D eigenvalue weighted by Gasteiger charge is 2.12. The number of hydrogen-bond acceptors (Lipinski definition) is 3. The van der Waals surface area contributed by atoms with E-state index in [0.717, 1.165) is 33.7 Å². The van der Waals surface area contributed by atoms with Crippen LogP contribution in [0.2, 0.25) is 0 Å². The quantitative estimate of drug-likeness (QED) is 0.643. The van der Waals surface area contributed by atoms with Crippen LogP contribution < -0.4 is 0 Å². The highest BCUT2D eigenvalue weighted by Crippen LogP contribution is 2.31. The first-order valence-electron chi connectivity index (χ1n) is 6.52. The number of halogens is 1. The van der Waals surface area contributed by atoms with Crippen LogP contribution in [-0.2, 0) is 0 Å². The van der Waals surface area contributed by atoms with Gasteiger partial charge in [0.1, 0.15) is 0 Å². The second-order valence-electron chi connectivity index (χ2n) is 4.44. The summed E-state index contributed by atoms with van der Waals surface area (Å²) >= 11 is 5.37. The molecule has 0 radical (unpaired) electrons. The Labute approximate surface area is 130 Å². The van der Waals surface area contributed by atoms with Crippen LogP contribution in [0.15, 0.2) is 52.0 Å². The van der Waals surface area contributed by atoms with Gasteiger partial charge in [0.15, 0.2) is 11.5 Å². The number of rotatable bonds is 4. The lowest BCUT2D eigenvalue weighted by atomic mass is 10.2. The third-order valence-corrected chi connectivity index (χ3v) is 4.70. The minimum atomic E-state index is 0.860. The van der Waals surface area contributed by atoms with Crippen molar-refractivity contribution in [1.29, 1.82) is 0 Å². The lowest BCUT2D eigenvalue weighted by molar-refractivity contribution is 1.09. The maximum atomic E-state index is 4.35. The number of fused-ring (bicyclic) bond motifs is 1. The van der Waals surface area contributed by atoms with Crippen molar-refractivity contribution >= 4 is 33.3 Å². The average molecular weight is 348 g/mol. The normalized spacial score (nSPS) is 11.1. The zero-order chi connectivity index (χ0) is 13.9. The Bertz CT molecular complexity index is 739. The second-order valence-corrected chi connectivity index (χ2v) is 6.50. The zero-order valence-corrected chi connectivity index (χ0v) is 13.5. The van der Waals surface area contributed by atoms with Crippen LogP contribution in [0.5, 0.6) is 0 Å². The lowest BCUT2D eigenvalue weighted by Crippen LogP contribution is -1.91. The van der Waals surface area contributed by atoms with E-state index in [-0.39, 0.29) is 0 Å². The summed E-state index contributed by atoms with van der Waals surface area (Å²) in [4.78, 5) is 1.25. The minimum Gasteiger partial charge on any atom is -0.281 e. The molecule has 0 aliphatic heterocycles. The molecule has 0 atom stereocenters. The summed E-state index contributed by atoms with van der Waals surface area (Å²) in [5.74, 6) is 2.00. The molecule has 3 aromatic rings. The second kappa shape index (κ2) is 5.97. The molecule has 2 heterocycles. The predicted molar refractivity (Wildman–Crippen MR) is 87.1 cm³/mol. The Morgan fingerprint density at radius 3 is 2.85 bits per heavy atom. The third kappa shape index (κ3) is 2.60.